The maximum atomic E-state index is 11.7. The number of hydrogen-bond acceptors (Lipinski definition) is 3. The molecule has 0 unspecified atom stereocenters. The quantitative estimate of drug-likeness (QED) is 0.561. The first-order valence-electron chi connectivity index (χ1n) is 6.09. The third kappa shape index (κ3) is 4.67. The Morgan fingerprint density at radius 1 is 1.16 bits per heavy atom. The third-order valence-electron chi connectivity index (χ3n) is 2.71. The van der Waals surface area contributed by atoms with E-state index < -0.39 is 0 Å². The maximum Gasteiger partial charge on any atom is 0.241 e. The van der Waals surface area contributed by atoms with Gasteiger partial charge in [0.1, 0.15) is 0 Å². The molecule has 0 aliphatic heterocycles. The number of hydrogen-bond donors (Lipinski definition) is 3. The van der Waals surface area contributed by atoms with E-state index in [1.54, 1.807) is 0 Å². The lowest BCUT2D eigenvalue weighted by atomic mass is 10.1. The van der Waals surface area contributed by atoms with Crippen molar-refractivity contribution in [3.63, 3.8) is 0 Å². The van der Waals surface area contributed by atoms with Gasteiger partial charge in [-0.1, -0.05) is 30.3 Å². The highest BCUT2D eigenvalue weighted by Crippen LogP contribution is 2.28. The van der Waals surface area contributed by atoms with Gasteiger partial charge in [0, 0.05) is 5.92 Å². The van der Waals surface area contributed by atoms with Crippen molar-refractivity contribution >= 4 is 29.1 Å². The molecule has 0 atom stereocenters. The first-order chi connectivity index (χ1) is 9.15. The molecule has 19 heavy (non-hydrogen) atoms. The van der Waals surface area contributed by atoms with Gasteiger partial charge in [-0.3, -0.25) is 20.4 Å². The Morgan fingerprint density at radius 2 is 1.84 bits per heavy atom. The Balaban J connectivity index is 1.69. The van der Waals surface area contributed by atoms with Crippen molar-refractivity contribution in [1.82, 2.24) is 16.2 Å². The standard InChI is InChI=1S/C13H15N3O2S/c17-11(8-9-4-2-1-3-5-9)14-13(19)16-15-12(18)10-6-7-10/h1-5,10H,6-8H2,(H,15,18)(H2,14,16,17,19). The first-order valence-corrected chi connectivity index (χ1v) is 6.49. The van der Waals surface area contributed by atoms with Crippen molar-refractivity contribution in [3.05, 3.63) is 35.9 Å². The summed E-state index contributed by atoms with van der Waals surface area (Å²) in [5.41, 5.74) is 5.90. The molecule has 1 aliphatic carbocycles. The molecule has 2 rings (SSSR count). The van der Waals surface area contributed by atoms with Crippen molar-refractivity contribution < 1.29 is 9.59 Å². The summed E-state index contributed by atoms with van der Waals surface area (Å²) in [4.78, 5) is 23.0. The normalized spacial score (nSPS) is 13.5. The van der Waals surface area contributed by atoms with E-state index in [1.165, 1.54) is 0 Å². The second-order valence-corrected chi connectivity index (χ2v) is 4.84. The molecule has 1 aromatic carbocycles. The molecule has 0 radical (unpaired) electrons. The van der Waals surface area contributed by atoms with Gasteiger partial charge in [-0.25, -0.2) is 0 Å². The van der Waals surface area contributed by atoms with Crippen LogP contribution >= 0.6 is 12.2 Å². The van der Waals surface area contributed by atoms with Gasteiger partial charge in [0.2, 0.25) is 11.8 Å². The first kappa shape index (κ1) is 13.5. The van der Waals surface area contributed by atoms with E-state index in [-0.39, 0.29) is 29.3 Å². The predicted molar refractivity (Wildman–Crippen MR) is 74.9 cm³/mol. The molecular formula is C13H15N3O2S. The minimum atomic E-state index is -0.218. The van der Waals surface area contributed by atoms with E-state index in [2.05, 4.69) is 16.2 Å². The Kier molecular flexibility index (Phi) is 4.46. The topological polar surface area (TPSA) is 70.2 Å². The summed E-state index contributed by atoms with van der Waals surface area (Å²) in [6, 6.07) is 9.36. The van der Waals surface area contributed by atoms with Crippen LogP contribution < -0.4 is 16.2 Å². The van der Waals surface area contributed by atoms with Crippen LogP contribution in [0.3, 0.4) is 0 Å². The molecule has 100 valence electrons. The number of nitrogens with one attached hydrogen (secondary N) is 3. The van der Waals surface area contributed by atoms with Crippen molar-refractivity contribution in [2.24, 2.45) is 5.92 Å². The van der Waals surface area contributed by atoms with Crippen LogP contribution in [0.5, 0.6) is 0 Å². The van der Waals surface area contributed by atoms with E-state index in [1.807, 2.05) is 30.3 Å². The van der Waals surface area contributed by atoms with Crippen molar-refractivity contribution in [1.29, 1.82) is 0 Å². The fraction of sp³-hybridized carbons (Fsp3) is 0.308. The summed E-state index contributed by atoms with van der Waals surface area (Å²) >= 11 is 4.91. The number of thiocarbonyl (C=S) groups is 1. The highest BCUT2D eigenvalue weighted by molar-refractivity contribution is 7.80. The molecule has 0 bridgehead atoms. The van der Waals surface area contributed by atoms with Gasteiger partial charge < -0.3 is 5.32 Å². The second-order valence-electron chi connectivity index (χ2n) is 4.43. The highest BCUT2D eigenvalue weighted by Gasteiger charge is 2.29. The Morgan fingerprint density at radius 3 is 2.47 bits per heavy atom. The average Bonchev–Trinajstić information content (AvgIpc) is 3.21. The predicted octanol–water partition coefficient (Wildman–Crippen LogP) is 0.661. The van der Waals surface area contributed by atoms with Crippen LogP contribution in [0.15, 0.2) is 30.3 Å². The summed E-state index contributed by atoms with van der Waals surface area (Å²) in [5, 5.41) is 2.62. The zero-order chi connectivity index (χ0) is 13.7. The number of carbonyl (C=O) groups excluding carboxylic acids is 2. The summed E-state index contributed by atoms with van der Waals surface area (Å²) in [6.07, 6.45) is 2.08. The van der Waals surface area contributed by atoms with E-state index in [0.717, 1.165) is 18.4 Å². The number of benzene rings is 1. The molecule has 0 heterocycles. The van der Waals surface area contributed by atoms with Crippen LogP contribution in [0.2, 0.25) is 0 Å². The fourth-order valence-electron chi connectivity index (χ4n) is 1.55. The molecule has 0 spiro atoms. The van der Waals surface area contributed by atoms with Crippen LogP contribution in [0.25, 0.3) is 0 Å². The lowest BCUT2D eigenvalue weighted by Gasteiger charge is -2.10. The minimum absolute atomic E-state index is 0.0836. The molecule has 1 aliphatic rings. The Bertz CT molecular complexity index is 486. The molecule has 6 heteroatoms. The van der Waals surface area contributed by atoms with Gasteiger partial charge in [0.15, 0.2) is 5.11 Å². The average molecular weight is 277 g/mol. The Hall–Kier alpha value is -1.95. The van der Waals surface area contributed by atoms with Crippen LogP contribution in [-0.4, -0.2) is 16.9 Å². The molecular weight excluding hydrogens is 262 g/mol. The molecule has 0 saturated heterocycles. The number of carbonyl (C=O) groups is 2. The number of amides is 2. The molecule has 3 N–H and O–H groups in total. The van der Waals surface area contributed by atoms with Crippen LogP contribution in [0.1, 0.15) is 18.4 Å². The zero-order valence-corrected chi connectivity index (χ0v) is 11.1. The summed E-state index contributed by atoms with van der Waals surface area (Å²) in [6.45, 7) is 0. The fourth-order valence-corrected chi connectivity index (χ4v) is 1.71. The van der Waals surface area contributed by atoms with Gasteiger partial charge >= 0.3 is 0 Å². The van der Waals surface area contributed by atoms with Gasteiger partial charge in [-0.05, 0) is 30.6 Å². The SMILES string of the molecule is O=C(Cc1ccccc1)NC(=S)NNC(=O)C1CC1. The molecule has 1 saturated carbocycles. The second kappa shape index (κ2) is 6.29. The summed E-state index contributed by atoms with van der Waals surface area (Å²) in [7, 11) is 0. The molecule has 0 aromatic heterocycles. The highest BCUT2D eigenvalue weighted by atomic mass is 32.1. The van der Waals surface area contributed by atoms with Crippen LogP contribution in [-0.2, 0) is 16.0 Å². The zero-order valence-electron chi connectivity index (χ0n) is 10.3. The Labute approximate surface area is 116 Å². The summed E-state index contributed by atoms with van der Waals surface area (Å²) in [5.74, 6) is -0.209. The molecule has 1 aromatic rings. The number of hydrazine groups is 1. The van der Waals surface area contributed by atoms with E-state index >= 15 is 0 Å². The van der Waals surface area contributed by atoms with Gasteiger partial charge in [-0.15, -0.1) is 0 Å². The largest absolute Gasteiger partial charge is 0.302 e. The monoisotopic (exact) mass is 277 g/mol. The number of rotatable bonds is 3. The van der Waals surface area contributed by atoms with Crippen molar-refractivity contribution in [2.45, 2.75) is 19.3 Å². The van der Waals surface area contributed by atoms with Crippen LogP contribution in [0, 0.1) is 5.92 Å². The molecule has 2 amide bonds. The van der Waals surface area contributed by atoms with E-state index in [0.29, 0.717) is 0 Å². The lowest BCUT2D eigenvalue weighted by Crippen LogP contribution is -2.49. The third-order valence-corrected chi connectivity index (χ3v) is 2.91. The molecule has 1 fully saturated rings. The van der Waals surface area contributed by atoms with Gasteiger partial charge in [0.25, 0.3) is 0 Å². The van der Waals surface area contributed by atoms with Gasteiger partial charge in [0.05, 0.1) is 6.42 Å². The van der Waals surface area contributed by atoms with E-state index in [9.17, 15) is 9.59 Å². The summed E-state index contributed by atoms with van der Waals surface area (Å²) < 4.78 is 0. The van der Waals surface area contributed by atoms with Gasteiger partial charge in [-0.2, -0.15) is 0 Å². The smallest absolute Gasteiger partial charge is 0.241 e. The van der Waals surface area contributed by atoms with Crippen LogP contribution in [0.4, 0.5) is 0 Å². The van der Waals surface area contributed by atoms with Crippen molar-refractivity contribution in [3.8, 4) is 0 Å². The molecule has 5 nitrogen and oxygen atoms in total. The van der Waals surface area contributed by atoms with Crippen molar-refractivity contribution in [2.75, 3.05) is 0 Å². The lowest BCUT2D eigenvalue weighted by molar-refractivity contribution is -0.123. The van der Waals surface area contributed by atoms with E-state index in [4.69, 9.17) is 12.2 Å². The minimum Gasteiger partial charge on any atom is -0.302 e. The maximum absolute atomic E-state index is 11.7.